The van der Waals surface area contributed by atoms with Gasteiger partial charge in [-0.3, -0.25) is 9.48 Å². The van der Waals surface area contributed by atoms with Crippen molar-refractivity contribution in [1.82, 2.24) is 9.78 Å². The van der Waals surface area contributed by atoms with E-state index in [9.17, 15) is 9.90 Å². The van der Waals surface area contributed by atoms with Crippen LogP contribution in [0.2, 0.25) is 0 Å². The molecule has 4 rings (SSSR count). The molecule has 34 heavy (non-hydrogen) atoms. The lowest BCUT2D eigenvalue weighted by Crippen LogP contribution is -2.36. The van der Waals surface area contributed by atoms with Crippen molar-refractivity contribution in [3.05, 3.63) is 77.1 Å². The molecule has 2 aromatic carbocycles. The molecule has 3 aromatic rings. The number of aliphatic hydroxyl groups is 1. The Morgan fingerprint density at radius 2 is 2.03 bits per heavy atom. The average molecular weight is 462 g/mol. The van der Waals surface area contributed by atoms with E-state index in [2.05, 4.69) is 56.2 Å². The van der Waals surface area contributed by atoms with Crippen LogP contribution in [-0.2, 0) is 24.3 Å². The van der Waals surface area contributed by atoms with Crippen molar-refractivity contribution in [2.45, 2.75) is 65.0 Å². The van der Waals surface area contributed by atoms with E-state index in [0.717, 1.165) is 53.9 Å². The minimum atomic E-state index is -0.229. The molecule has 1 aliphatic carbocycles. The molecule has 6 nitrogen and oxygen atoms in total. The van der Waals surface area contributed by atoms with Gasteiger partial charge in [0.1, 0.15) is 12.4 Å². The quantitative estimate of drug-likeness (QED) is 0.484. The standard InChI is InChI=1S/C28H35N3O3/c1-4-30-18-21(17-29-30)19-31(23-13-11-22(12-14-23)20(2)3)28(33)26-9-5-8-25-24(26)7-6-10-27(25)34-16-15-32/h6-7,10-14,17-18,20,26,32H,4-5,8-9,15-16,19H2,1-3H3. The third kappa shape index (κ3) is 5.17. The second kappa shape index (κ2) is 10.9. The van der Waals surface area contributed by atoms with Crippen LogP contribution in [0.3, 0.4) is 0 Å². The number of carbonyl (C=O) groups excluding carboxylic acids is 1. The molecule has 0 spiro atoms. The number of rotatable bonds is 9. The van der Waals surface area contributed by atoms with E-state index < -0.39 is 0 Å². The number of amides is 1. The van der Waals surface area contributed by atoms with Gasteiger partial charge in [-0.25, -0.2) is 0 Å². The lowest BCUT2D eigenvalue weighted by atomic mass is 9.81. The predicted molar refractivity (Wildman–Crippen MR) is 134 cm³/mol. The molecular weight excluding hydrogens is 426 g/mol. The zero-order valence-electron chi connectivity index (χ0n) is 20.4. The molecule has 1 aliphatic rings. The SMILES string of the molecule is CCn1cc(CN(C(=O)C2CCCc3c(OCCO)cccc32)c2ccc(C(C)C)cc2)cn1. The number of hydrogen-bond donors (Lipinski definition) is 1. The number of anilines is 1. The van der Waals surface area contributed by atoms with Gasteiger partial charge in [-0.05, 0) is 67.0 Å². The van der Waals surface area contributed by atoms with Crippen LogP contribution in [0.25, 0.3) is 0 Å². The molecule has 1 heterocycles. The highest BCUT2D eigenvalue weighted by Crippen LogP contribution is 2.39. The van der Waals surface area contributed by atoms with E-state index in [0.29, 0.717) is 12.5 Å². The molecule has 0 radical (unpaired) electrons. The Kier molecular flexibility index (Phi) is 7.68. The van der Waals surface area contributed by atoms with E-state index in [-0.39, 0.29) is 25.0 Å². The maximum Gasteiger partial charge on any atom is 0.234 e. The monoisotopic (exact) mass is 461 g/mol. The normalized spacial score (nSPS) is 15.3. The number of aryl methyl sites for hydroxylation is 1. The van der Waals surface area contributed by atoms with Crippen LogP contribution in [0.5, 0.6) is 5.75 Å². The van der Waals surface area contributed by atoms with Gasteiger partial charge >= 0.3 is 0 Å². The van der Waals surface area contributed by atoms with Crippen molar-refractivity contribution in [1.29, 1.82) is 0 Å². The first-order chi connectivity index (χ1) is 16.5. The maximum atomic E-state index is 14.1. The number of fused-ring (bicyclic) bond motifs is 1. The summed E-state index contributed by atoms with van der Waals surface area (Å²) in [6, 6.07) is 14.3. The molecule has 0 aliphatic heterocycles. The molecular formula is C28H35N3O3. The Bertz CT molecular complexity index is 1100. The summed E-state index contributed by atoms with van der Waals surface area (Å²) in [6.07, 6.45) is 6.48. The summed E-state index contributed by atoms with van der Waals surface area (Å²) in [7, 11) is 0. The van der Waals surface area contributed by atoms with Crippen LogP contribution in [0.1, 0.15) is 67.7 Å². The van der Waals surface area contributed by atoms with Crippen LogP contribution >= 0.6 is 0 Å². The Morgan fingerprint density at radius 1 is 1.24 bits per heavy atom. The summed E-state index contributed by atoms with van der Waals surface area (Å²) in [6.45, 7) is 7.90. The third-order valence-corrected chi connectivity index (χ3v) is 6.60. The second-order valence-corrected chi connectivity index (χ2v) is 9.22. The summed E-state index contributed by atoms with van der Waals surface area (Å²) in [5, 5.41) is 13.6. The molecule has 1 aromatic heterocycles. The van der Waals surface area contributed by atoms with E-state index in [1.807, 2.05) is 34.1 Å². The van der Waals surface area contributed by atoms with Crippen molar-refractivity contribution in [3.8, 4) is 5.75 Å². The largest absolute Gasteiger partial charge is 0.491 e. The Labute approximate surface area is 202 Å². The lowest BCUT2D eigenvalue weighted by molar-refractivity contribution is -0.120. The van der Waals surface area contributed by atoms with E-state index in [1.165, 1.54) is 5.56 Å². The number of aliphatic hydroxyl groups excluding tert-OH is 1. The highest BCUT2D eigenvalue weighted by Gasteiger charge is 2.32. The lowest BCUT2D eigenvalue weighted by Gasteiger charge is -2.32. The van der Waals surface area contributed by atoms with Crippen molar-refractivity contribution in [3.63, 3.8) is 0 Å². The van der Waals surface area contributed by atoms with Gasteiger partial charge in [0.05, 0.1) is 25.3 Å². The van der Waals surface area contributed by atoms with Crippen LogP contribution < -0.4 is 9.64 Å². The maximum absolute atomic E-state index is 14.1. The number of benzene rings is 2. The first-order valence-corrected chi connectivity index (χ1v) is 12.3. The Balaban J connectivity index is 1.68. The van der Waals surface area contributed by atoms with Crippen molar-refractivity contribution < 1.29 is 14.6 Å². The highest BCUT2D eigenvalue weighted by atomic mass is 16.5. The third-order valence-electron chi connectivity index (χ3n) is 6.60. The molecule has 0 bridgehead atoms. The summed E-state index contributed by atoms with van der Waals surface area (Å²) < 4.78 is 7.68. The first kappa shape index (κ1) is 24.0. The smallest absolute Gasteiger partial charge is 0.234 e. The average Bonchev–Trinajstić information content (AvgIpc) is 3.33. The molecule has 0 saturated heterocycles. The summed E-state index contributed by atoms with van der Waals surface area (Å²) >= 11 is 0. The molecule has 1 atom stereocenters. The van der Waals surface area contributed by atoms with Crippen molar-refractivity contribution >= 4 is 11.6 Å². The zero-order valence-corrected chi connectivity index (χ0v) is 20.4. The van der Waals surface area contributed by atoms with Crippen LogP contribution in [0, 0.1) is 0 Å². The van der Waals surface area contributed by atoms with E-state index in [1.54, 1.807) is 0 Å². The van der Waals surface area contributed by atoms with Crippen molar-refractivity contribution in [2.24, 2.45) is 0 Å². The fraction of sp³-hybridized carbons (Fsp3) is 0.429. The molecule has 6 heteroatoms. The number of nitrogens with zero attached hydrogens (tertiary/aromatic N) is 3. The minimum absolute atomic E-state index is 0.0301. The van der Waals surface area contributed by atoms with Gasteiger partial charge in [-0.1, -0.05) is 38.1 Å². The molecule has 1 N–H and O–H groups in total. The molecule has 1 amide bonds. The first-order valence-electron chi connectivity index (χ1n) is 12.3. The predicted octanol–water partition coefficient (Wildman–Crippen LogP) is 5.05. The molecule has 0 fully saturated rings. The summed E-state index contributed by atoms with van der Waals surface area (Å²) in [4.78, 5) is 16.0. The van der Waals surface area contributed by atoms with E-state index >= 15 is 0 Å². The fourth-order valence-electron chi connectivity index (χ4n) is 4.73. The molecule has 180 valence electrons. The van der Waals surface area contributed by atoms with Crippen LogP contribution in [-0.4, -0.2) is 34.0 Å². The van der Waals surface area contributed by atoms with Gasteiger partial charge in [0.2, 0.25) is 5.91 Å². The zero-order chi connectivity index (χ0) is 24.1. The molecule has 0 saturated carbocycles. The van der Waals surface area contributed by atoms with Gasteiger partial charge < -0.3 is 14.7 Å². The number of hydrogen-bond acceptors (Lipinski definition) is 4. The van der Waals surface area contributed by atoms with Crippen LogP contribution in [0.15, 0.2) is 54.9 Å². The number of ether oxygens (including phenoxy) is 1. The number of aromatic nitrogens is 2. The minimum Gasteiger partial charge on any atom is -0.491 e. The van der Waals surface area contributed by atoms with Crippen molar-refractivity contribution in [2.75, 3.05) is 18.1 Å². The molecule has 1 unspecified atom stereocenters. The van der Waals surface area contributed by atoms with Gasteiger partial charge in [0.15, 0.2) is 0 Å². The van der Waals surface area contributed by atoms with Crippen LogP contribution in [0.4, 0.5) is 5.69 Å². The number of carbonyl (C=O) groups is 1. The van der Waals surface area contributed by atoms with Gasteiger partial charge in [-0.2, -0.15) is 5.10 Å². The second-order valence-electron chi connectivity index (χ2n) is 9.22. The van der Waals surface area contributed by atoms with Gasteiger partial charge in [0, 0.05) is 24.0 Å². The van der Waals surface area contributed by atoms with E-state index in [4.69, 9.17) is 4.74 Å². The Hall–Kier alpha value is -3.12. The fourth-order valence-corrected chi connectivity index (χ4v) is 4.73. The van der Waals surface area contributed by atoms with Gasteiger partial charge in [-0.15, -0.1) is 0 Å². The summed E-state index contributed by atoms with van der Waals surface area (Å²) in [5.74, 6) is 1.08. The van der Waals surface area contributed by atoms with Gasteiger partial charge in [0.25, 0.3) is 0 Å². The topological polar surface area (TPSA) is 67.6 Å². The highest BCUT2D eigenvalue weighted by molar-refractivity contribution is 5.98. The Morgan fingerprint density at radius 3 is 2.71 bits per heavy atom. The summed E-state index contributed by atoms with van der Waals surface area (Å²) in [5.41, 5.74) is 5.30.